The molecule has 0 spiro atoms. The van der Waals surface area contributed by atoms with Crippen LogP contribution >= 0.6 is 0 Å². The maximum Gasteiger partial charge on any atom is 0.243 e. The molecule has 2 aliphatic rings. The number of anilines is 1. The van der Waals surface area contributed by atoms with Crippen LogP contribution < -0.4 is 5.32 Å². The first-order valence-corrected chi connectivity index (χ1v) is 12.2. The van der Waals surface area contributed by atoms with Crippen molar-refractivity contribution in [3.05, 3.63) is 60.2 Å². The fourth-order valence-corrected chi connectivity index (χ4v) is 5.35. The number of amides is 2. The summed E-state index contributed by atoms with van der Waals surface area (Å²) in [5.41, 5.74) is 2.36. The first kappa shape index (κ1) is 22.2. The zero-order valence-corrected chi connectivity index (χ0v) is 18.6. The minimum Gasteiger partial charge on any atom is -0.326 e. The van der Waals surface area contributed by atoms with E-state index in [0.29, 0.717) is 31.7 Å². The Bertz CT molecular complexity index is 1110. The molecule has 0 unspecified atom stereocenters. The highest BCUT2D eigenvalue weighted by atomic mass is 32.2. The van der Waals surface area contributed by atoms with Crippen LogP contribution in [0.25, 0.3) is 0 Å². The smallest absolute Gasteiger partial charge is 0.243 e. The normalized spacial score (nSPS) is 16.8. The Morgan fingerprint density at radius 2 is 1.59 bits per heavy atom. The first-order valence-electron chi connectivity index (χ1n) is 10.8. The van der Waals surface area contributed by atoms with Gasteiger partial charge >= 0.3 is 0 Å². The zero-order valence-electron chi connectivity index (χ0n) is 17.7. The molecule has 0 aromatic heterocycles. The Hall–Kier alpha value is -3.04. The van der Waals surface area contributed by atoms with Crippen LogP contribution in [0, 0.1) is 0 Å². The standard InChI is InChI=1S/C23H26N4O4S/c28-22(12-13-23(29)27-17-14-21(25-27)18-6-2-1-3-7-18)24-19-8-10-20(11-9-19)32(30,31)26-15-4-5-16-26/h1-3,6-11H,4-5,12-17H2,(H,24,28). The van der Waals surface area contributed by atoms with E-state index >= 15 is 0 Å². The van der Waals surface area contributed by atoms with Gasteiger partial charge in [-0.15, -0.1) is 0 Å². The monoisotopic (exact) mass is 454 g/mol. The van der Waals surface area contributed by atoms with E-state index in [4.69, 9.17) is 0 Å². The summed E-state index contributed by atoms with van der Waals surface area (Å²) in [7, 11) is -3.48. The molecule has 168 valence electrons. The van der Waals surface area contributed by atoms with Gasteiger partial charge < -0.3 is 5.32 Å². The van der Waals surface area contributed by atoms with Crippen molar-refractivity contribution in [2.24, 2.45) is 5.10 Å². The summed E-state index contributed by atoms with van der Waals surface area (Å²) in [6.45, 7) is 1.60. The van der Waals surface area contributed by atoms with Crippen LogP contribution in [0.1, 0.15) is 37.7 Å². The van der Waals surface area contributed by atoms with Crippen molar-refractivity contribution in [3.63, 3.8) is 0 Å². The Kier molecular flexibility index (Phi) is 6.66. The van der Waals surface area contributed by atoms with Crippen LogP contribution in [0.3, 0.4) is 0 Å². The first-order chi connectivity index (χ1) is 15.4. The third-order valence-corrected chi connectivity index (χ3v) is 7.52. The van der Waals surface area contributed by atoms with Crippen molar-refractivity contribution in [2.75, 3.05) is 25.0 Å². The van der Waals surface area contributed by atoms with Gasteiger partial charge in [-0.1, -0.05) is 30.3 Å². The minimum absolute atomic E-state index is 0.0271. The summed E-state index contributed by atoms with van der Waals surface area (Å²) in [4.78, 5) is 24.9. The van der Waals surface area contributed by atoms with Crippen molar-refractivity contribution >= 4 is 33.2 Å². The van der Waals surface area contributed by atoms with Crippen LogP contribution in [0.4, 0.5) is 5.69 Å². The Balaban J connectivity index is 1.28. The number of carbonyl (C=O) groups is 2. The highest BCUT2D eigenvalue weighted by molar-refractivity contribution is 7.89. The predicted molar refractivity (Wildman–Crippen MR) is 122 cm³/mol. The van der Waals surface area contributed by atoms with E-state index in [1.54, 1.807) is 12.1 Å². The molecule has 0 saturated carbocycles. The van der Waals surface area contributed by atoms with Gasteiger partial charge in [-0.25, -0.2) is 13.4 Å². The number of hydrogen-bond donors (Lipinski definition) is 1. The third kappa shape index (κ3) is 5.05. The number of benzene rings is 2. The molecule has 0 atom stereocenters. The van der Waals surface area contributed by atoms with Crippen LogP contribution in [0.2, 0.25) is 0 Å². The molecular formula is C23H26N4O4S. The lowest BCUT2D eigenvalue weighted by Gasteiger charge is -2.15. The summed E-state index contributed by atoms with van der Waals surface area (Å²) in [5, 5.41) is 8.53. The molecular weight excluding hydrogens is 428 g/mol. The second kappa shape index (κ2) is 9.62. The fraction of sp³-hybridized carbons (Fsp3) is 0.348. The molecule has 2 aromatic rings. The zero-order chi connectivity index (χ0) is 22.6. The van der Waals surface area contributed by atoms with E-state index < -0.39 is 10.0 Å². The topological polar surface area (TPSA) is 99.1 Å². The lowest BCUT2D eigenvalue weighted by Crippen LogP contribution is -2.27. The van der Waals surface area contributed by atoms with E-state index in [1.165, 1.54) is 21.4 Å². The number of hydrazone groups is 1. The van der Waals surface area contributed by atoms with Crippen LogP contribution in [0.5, 0.6) is 0 Å². The van der Waals surface area contributed by atoms with E-state index in [2.05, 4.69) is 10.4 Å². The largest absolute Gasteiger partial charge is 0.326 e. The van der Waals surface area contributed by atoms with Crippen LogP contribution in [0.15, 0.2) is 64.6 Å². The molecule has 2 amide bonds. The van der Waals surface area contributed by atoms with Gasteiger partial charge in [0.05, 0.1) is 17.2 Å². The van der Waals surface area contributed by atoms with E-state index in [1.807, 2.05) is 30.3 Å². The van der Waals surface area contributed by atoms with Crippen molar-refractivity contribution in [3.8, 4) is 0 Å². The fourth-order valence-electron chi connectivity index (χ4n) is 3.83. The number of nitrogens with one attached hydrogen (secondary N) is 1. The summed E-state index contributed by atoms with van der Waals surface area (Å²) < 4.78 is 26.6. The number of hydrogen-bond acceptors (Lipinski definition) is 5. The lowest BCUT2D eigenvalue weighted by atomic mass is 10.1. The molecule has 0 radical (unpaired) electrons. The van der Waals surface area contributed by atoms with Crippen molar-refractivity contribution in [1.29, 1.82) is 0 Å². The van der Waals surface area contributed by atoms with Gasteiger partial charge in [0, 0.05) is 38.0 Å². The summed E-state index contributed by atoms with van der Waals surface area (Å²) >= 11 is 0. The second-order valence-electron chi connectivity index (χ2n) is 7.86. The van der Waals surface area contributed by atoms with Gasteiger partial charge in [-0.2, -0.15) is 9.41 Å². The van der Waals surface area contributed by atoms with Gasteiger partial charge in [0.25, 0.3) is 0 Å². The molecule has 0 bridgehead atoms. The molecule has 1 fully saturated rings. The summed E-state index contributed by atoms with van der Waals surface area (Å²) in [6, 6.07) is 15.8. The van der Waals surface area contributed by atoms with E-state index in [9.17, 15) is 18.0 Å². The number of rotatable bonds is 7. The Labute approximate surface area is 188 Å². The van der Waals surface area contributed by atoms with Gasteiger partial charge in [0.15, 0.2) is 0 Å². The Morgan fingerprint density at radius 1 is 0.906 bits per heavy atom. The predicted octanol–water partition coefficient (Wildman–Crippen LogP) is 2.83. The highest BCUT2D eigenvalue weighted by Gasteiger charge is 2.27. The average Bonchev–Trinajstić information content (AvgIpc) is 3.51. The maximum atomic E-state index is 12.6. The van der Waals surface area contributed by atoms with E-state index in [0.717, 1.165) is 24.1 Å². The minimum atomic E-state index is -3.48. The lowest BCUT2D eigenvalue weighted by molar-refractivity contribution is -0.132. The van der Waals surface area contributed by atoms with Crippen molar-refractivity contribution < 1.29 is 18.0 Å². The maximum absolute atomic E-state index is 12.6. The quantitative estimate of drug-likeness (QED) is 0.695. The van der Waals surface area contributed by atoms with Crippen LogP contribution in [-0.2, 0) is 19.6 Å². The second-order valence-corrected chi connectivity index (χ2v) is 9.80. The molecule has 2 heterocycles. The molecule has 8 nitrogen and oxygen atoms in total. The molecule has 4 rings (SSSR count). The molecule has 0 aliphatic carbocycles. The van der Waals surface area contributed by atoms with Gasteiger partial charge in [0.1, 0.15) is 0 Å². The Morgan fingerprint density at radius 3 is 2.28 bits per heavy atom. The summed E-state index contributed by atoms with van der Waals surface area (Å²) in [6.07, 6.45) is 2.53. The molecule has 9 heteroatoms. The molecule has 32 heavy (non-hydrogen) atoms. The third-order valence-electron chi connectivity index (χ3n) is 5.60. The van der Waals surface area contributed by atoms with Gasteiger partial charge in [-0.05, 0) is 42.7 Å². The van der Waals surface area contributed by atoms with Gasteiger partial charge in [-0.3, -0.25) is 9.59 Å². The van der Waals surface area contributed by atoms with E-state index in [-0.39, 0.29) is 29.6 Å². The summed E-state index contributed by atoms with van der Waals surface area (Å²) in [5.74, 6) is -0.502. The van der Waals surface area contributed by atoms with Crippen molar-refractivity contribution in [1.82, 2.24) is 9.31 Å². The van der Waals surface area contributed by atoms with Crippen LogP contribution in [-0.4, -0.2) is 54.9 Å². The number of carbonyl (C=O) groups excluding carboxylic acids is 2. The molecule has 1 saturated heterocycles. The number of nitrogens with zero attached hydrogens (tertiary/aromatic N) is 3. The molecule has 2 aliphatic heterocycles. The van der Waals surface area contributed by atoms with Gasteiger partial charge in [0.2, 0.25) is 21.8 Å². The highest BCUT2D eigenvalue weighted by Crippen LogP contribution is 2.22. The average molecular weight is 455 g/mol. The molecule has 2 aromatic carbocycles. The SMILES string of the molecule is O=C(CCC(=O)N1CCC(c2ccccc2)=N1)Nc1ccc(S(=O)(=O)N2CCCC2)cc1. The molecule has 1 N–H and O–H groups in total. The number of sulfonamides is 1. The van der Waals surface area contributed by atoms with Crippen molar-refractivity contribution in [2.45, 2.75) is 37.0 Å².